The zero-order chi connectivity index (χ0) is 9.97. The summed E-state index contributed by atoms with van der Waals surface area (Å²) in [5.74, 6) is 0. The Balaban J connectivity index is 2.46. The highest BCUT2D eigenvalue weighted by Gasteiger charge is 2.07. The molecular formula is C11H12N2S. The third-order valence-electron chi connectivity index (χ3n) is 2.05. The Morgan fingerprint density at radius 3 is 2.50 bits per heavy atom. The smallest absolute Gasteiger partial charge is 0.183 e. The maximum Gasteiger partial charge on any atom is 0.183 e. The molecule has 14 heavy (non-hydrogen) atoms. The van der Waals surface area contributed by atoms with Gasteiger partial charge in [-0.15, -0.1) is 0 Å². The monoisotopic (exact) mass is 204 g/mol. The van der Waals surface area contributed by atoms with E-state index in [0.717, 1.165) is 10.8 Å². The van der Waals surface area contributed by atoms with Crippen molar-refractivity contribution >= 4 is 16.5 Å². The lowest BCUT2D eigenvalue weighted by Crippen LogP contribution is -1.84. The van der Waals surface area contributed by atoms with Crippen LogP contribution in [0.25, 0.3) is 10.4 Å². The fraction of sp³-hybridized carbons (Fsp3) is 0.182. The molecule has 2 nitrogen and oxygen atoms in total. The van der Waals surface area contributed by atoms with Crippen LogP contribution in [-0.2, 0) is 0 Å². The van der Waals surface area contributed by atoms with Crippen molar-refractivity contribution in [1.82, 2.24) is 4.98 Å². The number of nitrogens with one attached hydrogen (secondary N) is 1. The number of aryl methyl sites for hydroxylation is 1. The molecule has 3 heteroatoms. The van der Waals surface area contributed by atoms with Crippen LogP contribution in [-0.4, -0.2) is 12.0 Å². The Bertz CT molecular complexity index is 420. The summed E-state index contributed by atoms with van der Waals surface area (Å²) >= 11 is 1.69. The second-order valence-electron chi connectivity index (χ2n) is 3.05. The third-order valence-corrected chi connectivity index (χ3v) is 3.27. The first kappa shape index (κ1) is 9.21. The van der Waals surface area contributed by atoms with E-state index in [0.29, 0.717) is 0 Å². The van der Waals surface area contributed by atoms with E-state index in [1.165, 1.54) is 10.4 Å². The van der Waals surface area contributed by atoms with Gasteiger partial charge in [0, 0.05) is 7.05 Å². The minimum Gasteiger partial charge on any atom is -0.365 e. The van der Waals surface area contributed by atoms with Crippen molar-refractivity contribution in [3.05, 3.63) is 36.0 Å². The molecule has 1 aromatic heterocycles. The van der Waals surface area contributed by atoms with Crippen molar-refractivity contribution < 1.29 is 0 Å². The SMILES string of the molecule is CNc1nc(C)c(-c2ccccc2)s1. The molecule has 1 N–H and O–H groups in total. The summed E-state index contributed by atoms with van der Waals surface area (Å²) in [5, 5.41) is 4.04. The summed E-state index contributed by atoms with van der Waals surface area (Å²) in [4.78, 5) is 5.66. The Hall–Kier alpha value is -1.35. The Kier molecular flexibility index (Phi) is 2.50. The third kappa shape index (κ3) is 1.63. The van der Waals surface area contributed by atoms with Gasteiger partial charge in [-0.25, -0.2) is 4.98 Å². The number of anilines is 1. The standard InChI is InChI=1S/C11H12N2S/c1-8-10(14-11(12-2)13-8)9-6-4-3-5-7-9/h3-7H,1-2H3,(H,12,13). The molecule has 0 fully saturated rings. The second kappa shape index (κ2) is 3.80. The molecule has 0 saturated heterocycles. The normalized spacial score (nSPS) is 10.1. The van der Waals surface area contributed by atoms with Crippen LogP contribution in [0.1, 0.15) is 5.69 Å². The van der Waals surface area contributed by atoms with Crippen LogP contribution in [0.2, 0.25) is 0 Å². The van der Waals surface area contributed by atoms with Crippen LogP contribution in [0.3, 0.4) is 0 Å². The zero-order valence-corrected chi connectivity index (χ0v) is 9.06. The summed E-state index contributed by atoms with van der Waals surface area (Å²) in [6.45, 7) is 2.04. The molecule has 0 aliphatic carbocycles. The van der Waals surface area contributed by atoms with Crippen LogP contribution in [0, 0.1) is 6.92 Å². The summed E-state index contributed by atoms with van der Waals surface area (Å²) in [7, 11) is 1.90. The van der Waals surface area contributed by atoms with Crippen molar-refractivity contribution in [3.8, 4) is 10.4 Å². The van der Waals surface area contributed by atoms with E-state index in [-0.39, 0.29) is 0 Å². The van der Waals surface area contributed by atoms with Gasteiger partial charge in [-0.3, -0.25) is 0 Å². The maximum atomic E-state index is 4.41. The Labute approximate surface area is 87.6 Å². The summed E-state index contributed by atoms with van der Waals surface area (Å²) in [6.07, 6.45) is 0. The molecule has 0 atom stereocenters. The van der Waals surface area contributed by atoms with Gasteiger partial charge in [-0.1, -0.05) is 41.7 Å². The molecule has 0 spiro atoms. The van der Waals surface area contributed by atoms with Gasteiger partial charge in [-0.2, -0.15) is 0 Å². The Morgan fingerprint density at radius 2 is 1.93 bits per heavy atom. The molecule has 0 saturated carbocycles. The van der Waals surface area contributed by atoms with Crippen LogP contribution in [0.15, 0.2) is 30.3 Å². The van der Waals surface area contributed by atoms with E-state index in [2.05, 4.69) is 22.4 Å². The zero-order valence-electron chi connectivity index (χ0n) is 8.24. The number of hydrogen-bond acceptors (Lipinski definition) is 3. The van der Waals surface area contributed by atoms with E-state index >= 15 is 0 Å². The van der Waals surface area contributed by atoms with Crippen LogP contribution >= 0.6 is 11.3 Å². The molecule has 72 valence electrons. The van der Waals surface area contributed by atoms with Crippen molar-refractivity contribution in [1.29, 1.82) is 0 Å². The predicted octanol–water partition coefficient (Wildman–Crippen LogP) is 3.16. The average Bonchev–Trinajstić information content (AvgIpc) is 2.61. The summed E-state index contributed by atoms with van der Waals surface area (Å²) < 4.78 is 0. The summed E-state index contributed by atoms with van der Waals surface area (Å²) in [6, 6.07) is 10.3. The van der Waals surface area contributed by atoms with E-state index in [1.807, 2.05) is 32.2 Å². The number of thiazole rings is 1. The molecule has 2 aromatic rings. The molecule has 0 aliphatic rings. The Morgan fingerprint density at radius 1 is 1.21 bits per heavy atom. The number of hydrogen-bond donors (Lipinski definition) is 1. The van der Waals surface area contributed by atoms with Gasteiger partial charge in [0.2, 0.25) is 0 Å². The van der Waals surface area contributed by atoms with Crippen molar-refractivity contribution in [2.45, 2.75) is 6.92 Å². The molecule has 2 rings (SSSR count). The van der Waals surface area contributed by atoms with Crippen LogP contribution < -0.4 is 5.32 Å². The minimum atomic E-state index is 0.973. The van der Waals surface area contributed by atoms with E-state index < -0.39 is 0 Å². The number of rotatable bonds is 2. The minimum absolute atomic E-state index is 0.973. The van der Waals surface area contributed by atoms with Gasteiger partial charge in [-0.05, 0) is 12.5 Å². The van der Waals surface area contributed by atoms with Crippen molar-refractivity contribution in [3.63, 3.8) is 0 Å². The molecule has 0 aliphatic heterocycles. The first-order chi connectivity index (χ1) is 6.81. The number of aromatic nitrogens is 1. The molecule has 0 amide bonds. The fourth-order valence-corrected chi connectivity index (χ4v) is 2.29. The van der Waals surface area contributed by atoms with Gasteiger partial charge >= 0.3 is 0 Å². The molecule has 0 unspecified atom stereocenters. The average molecular weight is 204 g/mol. The van der Waals surface area contributed by atoms with Crippen LogP contribution in [0.5, 0.6) is 0 Å². The first-order valence-corrected chi connectivity index (χ1v) is 5.33. The lowest BCUT2D eigenvalue weighted by Gasteiger charge is -1.96. The van der Waals surface area contributed by atoms with Crippen LogP contribution in [0.4, 0.5) is 5.13 Å². The molecule has 1 aromatic carbocycles. The number of benzene rings is 1. The van der Waals surface area contributed by atoms with Gasteiger partial charge in [0.1, 0.15) is 0 Å². The lowest BCUT2D eigenvalue weighted by molar-refractivity contribution is 1.25. The lowest BCUT2D eigenvalue weighted by atomic mass is 10.2. The molecule has 1 heterocycles. The highest BCUT2D eigenvalue weighted by atomic mass is 32.1. The van der Waals surface area contributed by atoms with Gasteiger partial charge in [0.25, 0.3) is 0 Å². The summed E-state index contributed by atoms with van der Waals surface area (Å²) in [5.41, 5.74) is 2.33. The quantitative estimate of drug-likeness (QED) is 0.812. The van der Waals surface area contributed by atoms with E-state index in [9.17, 15) is 0 Å². The van der Waals surface area contributed by atoms with Crippen molar-refractivity contribution in [2.75, 3.05) is 12.4 Å². The fourth-order valence-electron chi connectivity index (χ4n) is 1.36. The maximum absolute atomic E-state index is 4.41. The predicted molar refractivity (Wildman–Crippen MR) is 61.8 cm³/mol. The highest BCUT2D eigenvalue weighted by Crippen LogP contribution is 2.31. The molecular weight excluding hydrogens is 192 g/mol. The van der Waals surface area contributed by atoms with E-state index in [1.54, 1.807) is 11.3 Å². The van der Waals surface area contributed by atoms with Gasteiger partial charge in [0.15, 0.2) is 5.13 Å². The molecule has 0 bridgehead atoms. The van der Waals surface area contributed by atoms with Gasteiger partial charge in [0.05, 0.1) is 10.6 Å². The van der Waals surface area contributed by atoms with E-state index in [4.69, 9.17) is 0 Å². The van der Waals surface area contributed by atoms with Crippen molar-refractivity contribution in [2.24, 2.45) is 0 Å². The first-order valence-electron chi connectivity index (χ1n) is 4.52. The second-order valence-corrected chi connectivity index (χ2v) is 4.05. The largest absolute Gasteiger partial charge is 0.365 e. The highest BCUT2D eigenvalue weighted by molar-refractivity contribution is 7.19. The van der Waals surface area contributed by atoms with Gasteiger partial charge < -0.3 is 5.32 Å². The molecule has 0 radical (unpaired) electrons. The number of nitrogens with zero attached hydrogens (tertiary/aromatic N) is 1. The topological polar surface area (TPSA) is 24.9 Å².